The molecule has 0 fully saturated rings. The third kappa shape index (κ3) is 1.59. The lowest BCUT2D eigenvalue weighted by Crippen LogP contribution is -1.83. The first kappa shape index (κ1) is 8.24. The van der Waals surface area contributed by atoms with E-state index in [1.807, 2.05) is 0 Å². The second-order valence-electron chi connectivity index (χ2n) is 1.53. The number of halogens is 4. The van der Waals surface area contributed by atoms with E-state index in [1.165, 1.54) is 0 Å². The third-order valence-electron chi connectivity index (χ3n) is 0.844. The number of hydrogen-bond donors (Lipinski definition) is 0. The summed E-state index contributed by atoms with van der Waals surface area (Å²) in [6, 6.07) is 1.16. The molecule has 0 aromatic carbocycles. The van der Waals surface area contributed by atoms with Gasteiger partial charge in [-0.1, -0.05) is 23.2 Å². The molecule has 0 aliphatic carbocycles. The zero-order valence-electron chi connectivity index (χ0n) is 4.54. The van der Waals surface area contributed by atoms with Crippen molar-refractivity contribution >= 4 is 39.1 Å². The van der Waals surface area contributed by atoms with Crippen molar-refractivity contribution < 1.29 is 4.39 Å². The molecule has 0 spiro atoms. The lowest BCUT2D eigenvalue weighted by Gasteiger charge is -1.95. The average Bonchev–Trinajstić information content (AvgIpc) is 1.84. The molecule has 1 aromatic heterocycles. The van der Waals surface area contributed by atoms with Crippen LogP contribution < -0.4 is 0 Å². The van der Waals surface area contributed by atoms with Crippen LogP contribution in [0.1, 0.15) is 0 Å². The smallest absolute Gasteiger partial charge is 0.166 e. The summed E-state index contributed by atoms with van der Waals surface area (Å²) in [6.45, 7) is 0. The molecule has 0 amide bonds. The molecule has 10 heavy (non-hydrogen) atoms. The lowest BCUT2D eigenvalue weighted by molar-refractivity contribution is 0.621. The Morgan fingerprint density at radius 2 is 2.00 bits per heavy atom. The number of rotatable bonds is 0. The Bertz CT molecular complexity index is 216. The Balaban J connectivity index is 3.28. The van der Waals surface area contributed by atoms with Crippen molar-refractivity contribution in [2.45, 2.75) is 0 Å². The summed E-state index contributed by atoms with van der Waals surface area (Å²) in [7, 11) is 0. The second kappa shape index (κ2) is 3.03. The lowest BCUT2D eigenvalue weighted by atomic mass is 10.5. The summed E-state index contributed by atoms with van der Waals surface area (Å²) in [6.07, 6.45) is 0. The van der Waals surface area contributed by atoms with Gasteiger partial charge in [-0.25, -0.2) is 9.37 Å². The fourth-order valence-corrected chi connectivity index (χ4v) is 1.03. The van der Waals surface area contributed by atoms with E-state index >= 15 is 0 Å². The van der Waals surface area contributed by atoms with E-state index in [2.05, 4.69) is 20.9 Å². The highest BCUT2D eigenvalue weighted by molar-refractivity contribution is 9.10. The Labute approximate surface area is 75.3 Å². The van der Waals surface area contributed by atoms with Gasteiger partial charge in [0.2, 0.25) is 0 Å². The zero-order valence-corrected chi connectivity index (χ0v) is 7.63. The van der Waals surface area contributed by atoms with Gasteiger partial charge in [-0.3, -0.25) is 0 Å². The Kier molecular flexibility index (Phi) is 2.50. The van der Waals surface area contributed by atoms with Crippen molar-refractivity contribution in [2.75, 3.05) is 0 Å². The van der Waals surface area contributed by atoms with Crippen molar-refractivity contribution in [2.24, 2.45) is 0 Å². The molecule has 0 saturated carbocycles. The molecular formula is C5HBrCl2FN. The maximum atomic E-state index is 12.5. The van der Waals surface area contributed by atoms with Crippen LogP contribution in [0.2, 0.25) is 10.3 Å². The van der Waals surface area contributed by atoms with Crippen LogP contribution in [0.25, 0.3) is 0 Å². The molecule has 0 radical (unpaired) electrons. The summed E-state index contributed by atoms with van der Waals surface area (Å²) in [5.41, 5.74) is 0. The van der Waals surface area contributed by atoms with Gasteiger partial charge in [0.25, 0.3) is 0 Å². The van der Waals surface area contributed by atoms with Crippen molar-refractivity contribution in [3.8, 4) is 0 Å². The maximum absolute atomic E-state index is 12.5. The molecule has 1 heterocycles. The third-order valence-corrected chi connectivity index (χ3v) is 2.23. The standard InChI is InChI=1S/C5HBrCl2FN/c6-2-1-3(9)5(8)10-4(2)7/h1H. The minimum Gasteiger partial charge on any atom is -0.220 e. The molecule has 0 unspecified atom stereocenters. The highest BCUT2D eigenvalue weighted by Crippen LogP contribution is 2.24. The zero-order chi connectivity index (χ0) is 7.72. The van der Waals surface area contributed by atoms with Gasteiger partial charge in [0, 0.05) is 0 Å². The quantitative estimate of drug-likeness (QED) is 0.639. The first-order valence-electron chi connectivity index (χ1n) is 2.28. The molecule has 1 rings (SSSR count). The van der Waals surface area contributed by atoms with E-state index in [-0.39, 0.29) is 10.3 Å². The van der Waals surface area contributed by atoms with E-state index < -0.39 is 5.82 Å². The number of aromatic nitrogens is 1. The van der Waals surface area contributed by atoms with Crippen LogP contribution in [-0.2, 0) is 0 Å². The van der Waals surface area contributed by atoms with Crippen LogP contribution >= 0.6 is 39.1 Å². The summed E-state index contributed by atoms with van der Waals surface area (Å²) in [5, 5.41) is -0.0559. The fourth-order valence-electron chi connectivity index (χ4n) is 0.423. The Hall–Kier alpha value is 0.140. The van der Waals surface area contributed by atoms with Crippen LogP contribution in [0, 0.1) is 5.82 Å². The first-order chi connectivity index (χ1) is 4.61. The van der Waals surface area contributed by atoms with E-state index in [4.69, 9.17) is 23.2 Å². The van der Waals surface area contributed by atoms with Gasteiger partial charge in [0.1, 0.15) is 5.15 Å². The van der Waals surface area contributed by atoms with Gasteiger partial charge in [0.15, 0.2) is 11.0 Å². The van der Waals surface area contributed by atoms with Gasteiger partial charge in [-0.2, -0.15) is 0 Å². The molecule has 1 nitrogen and oxygen atoms in total. The van der Waals surface area contributed by atoms with Crippen molar-refractivity contribution in [1.29, 1.82) is 0 Å². The van der Waals surface area contributed by atoms with Crippen LogP contribution in [0.5, 0.6) is 0 Å². The van der Waals surface area contributed by atoms with Crippen LogP contribution in [0.15, 0.2) is 10.5 Å². The van der Waals surface area contributed by atoms with E-state index in [0.29, 0.717) is 4.47 Å². The predicted octanol–water partition coefficient (Wildman–Crippen LogP) is 3.29. The van der Waals surface area contributed by atoms with E-state index in [1.54, 1.807) is 0 Å². The molecule has 0 aliphatic heterocycles. The van der Waals surface area contributed by atoms with Gasteiger partial charge in [-0.05, 0) is 22.0 Å². The molecular weight excluding hydrogens is 244 g/mol. The molecule has 54 valence electrons. The van der Waals surface area contributed by atoms with E-state index in [0.717, 1.165) is 6.07 Å². The molecule has 0 aliphatic rings. The molecule has 0 bridgehead atoms. The topological polar surface area (TPSA) is 12.9 Å². The average molecular weight is 245 g/mol. The molecule has 0 saturated heterocycles. The van der Waals surface area contributed by atoms with E-state index in [9.17, 15) is 4.39 Å². The van der Waals surface area contributed by atoms with Crippen molar-refractivity contribution in [3.05, 3.63) is 26.7 Å². The van der Waals surface area contributed by atoms with Gasteiger partial charge < -0.3 is 0 Å². The van der Waals surface area contributed by atoms with Crippen LogP contribution in [-0.4, -0.2) is 4.98 Å². The number of nitrogens with zero attached hydrogens (tertiary/aromatic N) is 1. The van der Waals surface area contributed by atoms with Crippen LogP contribution in [0.3, 0.4) is 0 Å². The van der Waals surface area contributed by atoms with Gasteiger partial charge in [0.05, 0.1) is 4.47 Å². The molecule has 0 atom stereocenters. The fraction of sp³-hybridized carbons (Fsp3) is 0. The summed E-state index contributed by atoms with van der Waals surface area (Å²) in [4.78, 5) is 3.48. The van der Waals surface area contributed by atoms with Crippen molar-refractivity contribution in [1.82, 2.24) is 4.98 Å². The SMILES string of the molecule is Fc1cc(Br)c(Cl)nc1Cl. The number of hydrogen-bond acceptors (Lipinski definition) is 1. The van der Waals surface area contributed by atoms with Crippen molar-refractivity contribution in [3.63, 3.8) is 0 Å². The highest BCUT2D eigenvalue weighted by Gasteiger charge is 2.05. The second-order valence-corrected chi connectivity index (χ2v) is 3.10. The Morgan fingerprint density at radius 3 is 2.50 bits per heavy atom. The predicted molar refractivity (Wildman–Crippen MR) is 41.9 cm³/mol. The first-order valence-corrected chi connectivity index (χ1v) is 3.83. The summed E-state index contributed by atoms with van der Waals surface area (Å²) in [5.74, 6) is -0.585. The number of pyridine rings is 1. The van der Waals surface area contributed by atoms with Gasteiger partial charge in [-0.15, -0.1) is 0 Å². The normalized spacial score (nSPS) is 10.0. The monoisotopic (exact) mass is 243 g/mol. The maximum Gasteiger partial charge on any atom is 0.166 e. The van der Waals surface area contributed by atoms with Crippen LogP contribution in [0.4, 0.5) is 4.39 Å². The Morgan fingerprint density at radius 1 is 1.40 bits per heavy atom. The minimum atomic E-state index is -0.585. The minimum absolute atomic E-state index is 0.159. The highest BCUT2D eigenvalue weighted by atomic mass is 79.9. The molecule has 1 aromatic rings. The molecule has 0 N–H and O–H groups in total. The largest absolute Gasteiger partial charge is 0.220 e. The summed E-state index contributed by atoms with van der Waals surface area (Å²) >= 11 is 13.8. The molecule has 5 heteroatoms. The van der Waals surface area contributed by atoms with Gasteiger partial charge >= 0.3 is 0 Å². The summed E-state index contributed by atoms with van der Waals surface area (Å²) < 4.78 is 12.9.